The quantitative estimate of drug-likeness (QED) is 0.313. The van der Waals surface area contributed by atoms with E-state index < -0.39 is 11.9 Å². The average molecular weight is 244 g/mol. The molecule has 0 fully saturated rings. The molecule has 0 radical (unpaired) electrons. The first-order valence-corrected chi connectivity index (χ1v) is 4.94. The van der Waals surface area contributed by atoms with E-state index in [0.29, 0.717) is 6.54 Å². The minimum Gasteiger partial charge on any atom is -0.468 e. The second-order valence-electron chi connectivity index (χ2n) is 3.07. The molecule has 17 heavy (non-hydrogen) atoms. The van der Waals surface area contributed by atoms with Crippen LogP contribution in [0.3, 0.4) is 0 Å². The van der Waals surface area contributed by atoms with Gasteiger partial charge in [-0.25, -0.2) is 4.79 Å². The maximum atomic E-state index is 11.0. The lowest BCUT2D eigenvalue weighted by atomic mass is 10.4. The fourth-order valence-corrected chi connectivity index (χ4v) is 0.969. The molecule has 0 aliphatic carbocycles. The monoisotopic (exact) mass is 244 g/mol. The number of nitriles is 1. The number of methoxy groups -OCH3 is 2. The van der Waals surface area contributed by atoms with E-state index >= 15 is 0 Å². The molecule has 0 aromatic carbocycles. The van der Waals surface area contributed by atoms with Crippen LogP contribution < -0.4 is 0 Å². The molecule has 0 N–H and O–H groups in total. The van der Waals surface area contributed by atoms with Crippen LogP contribution in [-0.4, -0.2) is 63.9 Å². The van der Waals surface area contributed by atoms with E-state index in [2.05, 4.69) is 9.47 Å². The van der Waals surface area contributed by atoms with Crippen molar-refractivity contribution in [3.05, 3.63) is 0 Å². The molecule has 0 saturated carbocycles. The van der Waals surface area contributed by atoms with Crippen molar-refractivity contribution in [3.63, 3.8) is 0 Å². The zero-order valence-electron chi connectivity index (χ0n) is 9.97. The summed E-state index contributed by atoms with van der Waals surface area (Å²) in [4.78, 5) is 23.3. The van der Waals surface area contributed by atoms with Gasteiger partial charge in [-0.2, -0.15) is 5.26 Å². The number of esters is 2. The van der Waals surface area contributed by atoms with Gasteiger partial charge in [-0.05, 0) is 0 Å². The van der Waals surface area contributed by atoms with Crippen LogP contribution in [0.4, 0.5) is 0 Å². The van der Waals surface area contributed by atoms with Crippen molar-refractivity contribution >= 4 is 11.9 Å². The predicted octanol–water partition coefficient (Wildman–Crippen LogP) is -0.825. The van der Waals surface area contributed by atoms with Crippen LogP contribution in [0, 0.1) is 11.3 Å². The van der Waals surface area contributed by atoms with Crippen molar-refractivity contribution in [2.45, 2.75) is 0 Å². The van der Waals surface area contributed by atoms with Crippen LogP contribution in [-0.2, 0) is 23.8 Å². The molecular formula is C10H16N2O5. The highest BCUT2D eigenvalue weighted by Gasteiger charge is 2.10. The van der Waals surface area contributed by atoms with Gasteiger partial charge < -0.3 is 14.2 Å². The Morgan fingerprint density at radius 3 is 2.41 bits per heavy atom. The number of hydrogen-bond acceptors (Lipinski definition) is 7. The first-order valence-electron chi connectivity index (χ1n) is 4.94. The van der Waals surface area contributed by atoms with Crippen molar-refractivity contribution in [2.24, 2.45) is 0 Å². The summed E-state index contributed by atoms with van der Waals surface area (Å²) < 4.78 is 13.9. The van der Waals surface area contributed by atoms with E-state index in [9.17, 15) is 9.59 Å². The Balaban J connectivity index is 3.81. The first kappa shape index (κ1) is 15.3. The summed E-state index contributed by atoms with van der Waals surface area (Å²) in [5.74, 6) is -0.891. The lowest BCUT2D eigenvalue weighted by Crippen LogP contribution is -2.34. The second-order valence-corrected chi connectivity index (χ2v) is 3.07. The number of carbonyl (C=O) groups excluding carboxylic acids is 2. The molecule has 7 heteroatoms. The van der Waals surface area contributed by atoms with Gasteiger partial charge in [0.1, 0.15) is 6.61 Å². The molecule has 0 atom stereocenters. The maximum absolute atomic E-state index is 11.0. The fraction of sp³-hybridized carbons (Fsp3) is 0.700. The SMILES string of the molecule is COC(=O)COCCN(CC#N)CC(=O)OC. The van der Waals surface area contributed by atoms with Crippen LogP contribution in [0.15, 0.2) is 0 Å². The van der Waals surface area contributed by atoms with Gasteiger partial charge in [0.05, 0.1) is 40.0 Å². The summed E-state index contributed by atoms with van der Waals surface area (Å²) in [6.45, 7) is 0.560. The molecule has 0 bridgehead atoms. The van der Waals surface area contributed by atoms with E-state index in [4.69, 9.17) is 10.00 Å². The van der Waals surface area contributed by atoms with Crippen LogP contribution in [0.25, 0.3) is 0 Å². The molecule has 0 saturated heterocycles. The van der Waals surface area contributed by atoms with Crippen molar-refractivity contribution in [2.75, 3.05) is 47.1 Å². The Bertz CT molecular complexity index is 287. The average Bonchev–Trinajstić information content (AvgIpc) is 2.34. The summed E-state index contributed by atoms with van der Waals surface area (Å²) in [5.41, 5.74) is 0. The van der Waals surface area contributed by atoms with Crippen LogP contribution in [0.5, 0.6) is 0 Å². The third-order valence-electron chi connectivity index (χ3n) is 1.87. The van der Waals surface area contributed by atoms with Gasteiger partial charge in [0.25, 0.3) is 0 Å². The Kier molecular flexibility index (Phi) is 8.64. The Hall–Kier alpha value is -1.65. The zero-order valence-corrected chi connectivity index (χ0v) is 9.97. The van der Waals surface area contributed by atoms with Gasteiger partial charge in [-0.15, -0.1) is 0 Å². The molecule has 0 rings (SSSR count). The minimum absolute atomic E-state index is 0.0195. The van der Waals surface area contributed by atoms with Crippen molar-refractivity contribution in [1.29, 1.82) is 5.26 Å². The number of nitrogens with zero attached hydrogens (tertiary/aromatic N) is 2. The number of carbonyl (C=O) groups is 2. The van der Waals surface area contributed by atoms with Crippen LogP contribution in [0.2, 0.25) is 0 Å². The highest BCUT2D eigenvalue weighted by atomic mass is 16.6. The van der Waals surface area contributed by atoms with Gasteiger partial charge >= 0.3 is 11.9 Å². The molecule has 0 aromatic heterocycles. The van der Waals surface area contributed by atoms with Gasteiger partial charge in [0.15, 0.2) is 0 Å². The Morgan fingerprint density at radius 2 is 1.88 bits per heavy atom. The summed E-state index contributed by atoms with van der Waals surface area (Å²) >= 11 is 0. The lowest BCUT2D eigenvalue weighted by molar-refractivity contribution is -0.147. The second kappa shape index (κ2) is 9.57. The summed E-state index contributed by atoms with van der Waals surface area (Å²) in [6, 6.07) is 1.93. The molecule has 0 spiro atoms. The van der Waals surface area contributed by atoms with E-state index in [1.165, 1.54) is 14.2 Å². The third-order valence-corrected chi connectivity index (χ3v) is 1.87. The zero-order chi connectivity index (χ0) is 13.1. The highest BCUT2D eigenvalue weighted by Crippen LogP contribution is 1.90. The summed E-state index contributed by atoms with van der Waals surface area (Å²) in [6.07, 6.45) is 0. The van der Waals surface area contributed by atoms with Gasteiger partial charge in [0, 0.05) is 6.54 Å². The van der Waals surface area contributed by atoms with Crippen molar-refractivity contribution in [3.8, 4) is 6.07 Å². The molecule has 0 amide bonds. The highest BCUT2D eigenvalue weighted by molar-refractivity contribution is 5.71. The summed E-state index contributed by atoms with van der Waals surface area (Å²) in [5, 5.41) is 8.55. The first-order chi connectivity index (χ1) is 8.13. The topological polar surface area (TPSA) is 88.9 Å². The normalized spacial score (nSPS) is 9.76. The van der Waals surface area contributed by atoms with E-state index in [0.717, 1.165) is 0 Å². The molecule has 0 unspecified atom stereocenters. The molecule has 96 valence electrons. The van der Waals surface area contributed by atoms with E-state index in [1.54, 1.807) is 4.90 Å². The van der Waals surface area contributed by atoms with E-state index in [1.807, 2.05) is 6.07 Å². The number of ether oxygens (including phenoxy) is 3. The lowest BCUT2D eigenvalue weighted by Gasteiger charge is -2.16. The Morgan fingerprint density at radius 1 is 1.24 bits per heavy atom. The summed E-state index contributed by atoms with van der Waals surface area (Å²) in [7, 11) is 2.55. The minimum atomic E-state index is -0.468. The maximum Gasteiger partial charge on any atom is 0.331 e. The molecule has 0 aromatic rings. The smallest absolute Gasteiger partial charge is 0.331 e. The van der Waals surface area contributed by atoms with Crippen molar-refractivity contribution in [1.82, 2.24) is 4.90 Å². The molecule has 0 aliphatic rings. The Labute approximate surface area is 99.8 Å². The van der Waals surface area contributed by atoms with Crippen LogP contribution >= 0.6 is 0 Å². The number of rotatable bonds is 8. The van der Waals surface area contributed by atoms with Gasteiger partial charge in [-0.1, -0.05) is 0 Å². The van der Waals surface area contributed by atoms with Gasteiger partial charge in [-0.3, -0.25) is 9.69 Å². The molecule has 7 nitrogen and oxygen atoms in total. The fourth-order valence-electron chi connectivity index (χ4n) is 0.969. The van der Waals surface area contributed by atoms with Crippen molar-refractivity contribution < 1.29 is 23.8 Å². The predicted molar refractivity (Wildman–Crippen MR) is 56.9 cm³/mol. The molecule has 0 heterocycles. The molecule has 0 aliphatic heterocycles. The van der Waals surface area contributed by atoms with E-state index in [-0.39, 0.29) is 26.3 Å². The standard InChI is InChI=1S/C10H16N2O5/c1-15-9(13)7-12(4-3-11)5-6-17-8-10(14)16-2/h4-8H2,1-2H3. The van der Waals surface area contributed by atoms with Crippen LogP contribution in [0.1, 0.15) is 0 Å². The number of hydrogen-bond donors (Lipinski definition) is 0. The largest absolute Gasteiger partial charge is 0.468 e. The third kappa shape index (κ3) is 8.19. The van der Waals surface area contributed by atoms with Gasteiger partial charge in [0.2, 0.25) is 0 Å². The molecular weight excluding hydrogens is 228 g/mol.